The molecule has 1 heterocycles. The molecule has 0 saturated carbocycles. The van der Waals surface area contributed by atoms with Crippen molar-refractivity contribution in [3.8, 4) is 0 Å². The lowest BCUT2D eigenvalue weighted by Gasteiger charge is -2.30. The fraction of sp³-hybridized carbons (Fsp3) is 0.250. The molecule has 0 aliphatic carbocycles. The van der Waals surface area contributed by atoms with Crippen molar-refractivity contribution < 1.29 is 9.66 Å². The maximum atomic E-state index is 10.8. The van der Waals surface area contributed by atoms with Crippen LogP contribution in [-0.4, -0.2) is 41.1 Å². The topological polar surface area (TPSA) is 67.6 Å². The minimum absolute atomic E-state index is 0.0784. The van der Waals surface area contributed by atoms with Crippen molar-refractivity contribution in [2.24, 2.45) is 0 Å². The van der Waals surface area contributed by atoms with Crippen LogP contribution < -0.4 is 5.32 Å². The van der Waals surface area contributed by atoms with E-state index in [1.165, 1.54) is 12.1 Å². The van der Waals surface area contributed by atoms with Crippen molar-refractivity contribution in [3.63, 3.8) is 0 Å². The third-order valence-electron chi connectivity index (χ3n) is 4.38. The van der Waals surface area contributed by atoms with Gasteiger partial charge in [-0.25, -0.2) is 0 Å². The summed E-state index contributed by atoms with van der Waals surface area (Å²) in [6.45, 7) is 3.35. The summed E-state index contributed by atoms with van der Waals surface area (Å²) in [5.74, 6) is 0. The predicted octanol–water partition coefficient (Wildman–Crippen LogP) is 4.04. The first-order valence-corrected chi connectivity index (χ1v) is 9.63. The van der Waals surface area contributed by atoms with Crippen molar-refractivity contribution in [1.82, 2.24) is 10.2 Å². The van der Waals surface area contributed by atoms with Crippen LogP contribution in [0.5, 0.6) is 0 Å². The van der Waals surface area contributed by atoms with Gasteiger partial charge in [-0.1, -0.05) is 48.1 Å². The Bertz CT molecular complexity index is 863. The highest BCUT2D eigenvalue weighted by Gasteiger charge is 2.18. The van der Waals surface area contributed by atoms with E-state index in [0.29, 0.717) is 24.8 Å². The van der Waals surface area contributed by atoms with E-state index in [4.69, 9.17) is 28.6 Å². The number of hydrogen-bond donors (Lipinski definition) is 1. The van der Waals surface area contributed by atoms with Gasteiger partial charge in [-0.2, -0.15) is 0 Å². The van der Waals surface area contributed by atoms with Crippen molar-refractivity contribution in [2.75, 3.05) is 26.3 Å². The summed E-state index contributed by atoms with van der Waals surface area (Å²) in [7, 11) is 0. The molecule has 28 heavy (non-hydrogen) atoms. The molecule has 0 amide bonds. The Morgan fingerprint density at radius 3 is 2.43 bits per heavy atom. The second kappa shape index (κ2) is 9.64. The van der Waals surface area contributed by atoms with Crippen LogP contribution in [0.2, 0.25) is 5.02 Å². The Morgan fingerprint density at radius 1 is 1.18 bits per heavy atom. The van der Waals surface area contributed by atoms with Gasteiger partial charge in [-0.15, -0.1) is 0 Å². The van der Waals surface area contributed by atoms with Gasteiger partial charge in [-0.05, 0) is 23.3 Å². The van der Waals surface area contributed by atoms with Crippen LogP contribution in [0.25, 0.3) is 5.57 Å². The summed E-state index contributed by atoms with van der Waals surface area (Å²) in [6.07, 6.45) is 1.89. The molecule has 8 heteroatoms. The van der Waals surface area contributed by atoms with Crippen LogP contribution in [0.3, 0.4) is 0 Å². The lowest BCUT2D eigenvalue weighted by atomic mass is 10.1. The Hall–Kier alpha value is -2.48. The van der Waals surface area contributed by atoms with Crippen molar-refractivity contribution >= 4 is 40.1 Å². The highest BCUT2D eigenvalue weighted by atomic mass is 35.5. The average Bonchev–Trinajstić information content (AvgIpc) is 2.72. The standard InChI is InChI=1S/C20H20ClN3O3S/c21-17-5-3-16(4-6-17)19(20(28)23-9-11-27-12-10-23)14-22-13-15-1-7-18(8-2-15)24(25)26/h1-8,14,22H,9-13H2/b19-14-. The molecule has 0 spiro atoms. The molecule has 0 unspecified atom stereocenters. The van der Waals surface area contributed by atoms with E-state index in [9.17, 15) is 10.1 Å². The number of nitrogens with zero attached hydrogens (tertiary/aromatic N) is 2. The Labute approximate surface area is 173 Å². The normalized spacial score (nSPS) is 14.6. The smallest absolute Gasteiger partial charge is 0.269 e. The van der Waals surface area contributed by atoms with Gasteiger partial charge in [0.05, 0.1) is 18.1 Å². The molecule has 3 rings (SSSR count). The first-order chi connectivity index (χ1) is 13.5. The summed E-state index contributed by atoms with van der Waals surface area (Å²) in [4.78, 5) is 13.2. The third kappa shape index (κ3) is 5.28. The number of nitro groups is 1. The van der Waals surface area contributed by atoms with E-state index in [1.807, 2.05) is 30.5 Å². The zero-order valence-corrected chi connectivity index (χ0v) is 16.7. The van der Waals surface area contributed by atoms with Crippen LogP contribution >= 0.6 is 23.8 Å². The average molecular weight is 418 g/mol. The van der Waals surface area contributed by atoms with Crippen molar-refractivity contribution in [3.05, 3.63) is 81.0 Å². The zero-order chi connectivity index (χ0) is 19.9. The number of non-ortho nitro benzene ring substituents is 1. The minimum Gasteiger partial charge on any atom is -0.386 e. The highest BCUT2D eigenvalue weighted by Crippen LogP contribution is 2.21. The van der Waals surface area contributed by atoms with Gasteiger partial charge < -0.3 is 15.0 Å². The SMILES string of the molecule is O=[N+]([O-])c1ccc(CN/C=C(\C(=S)N2CCOCC2)c2ccc(Cl)cc2)cc1. The lowest BCUT2D eigenvalue weighted by molar-refractivity contribution is -0.384. The molecule has 1 aliphatic rings. The maximum Gasteiger partial charge on any atom is 0.269 e. The van der Waals surface area contributed by atoms with Gasteiger partial charge in [0.15, 0.2) is 0 Å². The molecule has 0 aromatic heterocycles. The molecular formula is C20H20ClN3O3S. The quantitative estimate of drug-likeness (QED) is 0.331. The maximum absolute atomic E-state index is 10.8. The van der Waals surface area contributed by atoms with Crippen LogP contribution in [0.15, 0.2) is 54.7 Å². The number of hydrogen-bond acceptors (Lipinski definition) is 5. The molecule has 1 saturated heterocycles. The number of benzene rings is 2. The number of nitro benzene ring substituents is 1. The largest absolute Gasteiger partial charge is 0.386 e. The van der Waals surface area contributed by atoms with Gasteiger partial charge in [-0.3, -0.25) is 10.1 Å². The first kappa shape index (κ1) is 20.3. The number of nitrogens with one attached hydrogen (secondary N) is 1. The second-order valence-electron chi connectivity index (χ2n) is 6.27. The van der Waals surface area contributed by atoms with Crippen molar-refractivity contribution in [2.45, 2.75) is 6.54 Å². The summed E-state index contributed by atoms with van der Waals surface area (Å²) in [5, 5.41) is 14.7. The number of morpholine rings is 1. The van der Waals surface area contributed by atoms with E-state index in [1.54, 1.807) is 12.1 Å². The van der Waals surface area contributed by atoms with E-state index in [-0.39, 0.29) is 5.69 Å². The zero-order valence-electron chi connectivity index (χ0n) is 15.1. The Kier molecular flexibility index (Phi) is 6.97. The number of thiocarbonyl (C=S) groups is 1. The van der Waals surface area contributed by atoms with Gasteiger partial charge in [0.2, 0.25) is 0 Å². The first-order valence-electron chi connectivity index (χ1n) is 8.84. The number of halogens is 1. The molecule has 2 aromatic carbocycles. The van der Waals surface area contributed by atoms with E-state index >= 15 is 0 Å². The fourth-order valence-corrected chi connectivity index (χ4v) is 3.33. The minimum atomic E-state index is -0.406. The van der Waals surface area contributed by atoms with Gasteiger partial charge in [0.1, 0.15) is 4.99 Å². The summed E-state index contributed by atoms with van der Waals surface area (Å²) in [5.41, 5.74) is 2.89. The summed E-state index contributed by atoms with van der Waals surface area (Å²) >= 11 is 11.8. The van der Waals surface area contributed by atoms with Crippen LogP contribution in [-0.2, 0) is 11.3 Å². The molecule has 0 bridgehead atoms. The molecule has 2 aromatic rings. The monoisotopic (exact) mass is 417 g/mol. The van der Waals surface area contributed by atoms with E-state index in [2.05, 4.69) is 10.2 Å². The molecule has 0 radical (unpaired) electrons. The Balaban J connectivity index is 1.76. The number of rotatable bonds is 6. The van der Waals surface area contributed by atoms with Crippen molar-refractivity contribution in [1.29, 1.82) is 0 Å². The highest BCUT2D eigenvalue weighted by molar-refractivity contribution is 7.81. The molecule has 6 nitrogen and oxygen atoms in total. The number of ether oxygens (including phenoxy) is 1. The van der Waals surface area contributed by atoms with Gasteiger partial charge >= 0.3 is 0 Å². The fourth-order valence-electron chi connectivity index (χ4n) is 2.84. The van der Waals surface area contributed by atoms with Crippen LogP contribution in [0, 0.1) is 10.1 Å². The third-order valence-corrected chi connectivity index (χ3v) is 5.11. The summed E-state index contributed by atoms with van der Waals surface area (Å²) < 4.78 is 5.41. The van der Waals surface area contributed by atoms with E-state index < -0.39 is 4.92 Å². The van der Waals surface area contributed by atoms with Gasteiger partial charge in [0.25, 0.3) is 5.69 Å². The van der Waals surface area contributed by atoms with Gasteiger partial charge in [0, 0.05) is 48.6 Å². The molecule has 0 atom stereocenters. The lowest BCUT2D eigenvalue weighted by Crippen LogP contribution is -2.40. The molecule has 1 fully saturated rings. The molecule has 146 valence electrons. The molecule has 1 N–H and O–H groups in total. The predicted molar refractivity (Wildman–Crippen MR) is 114 cm³/mol. The Morgan fingerprint density at radius 2 is 1.82 bits per heavy atom. The summed E-state index contributed by atoms with van der Waals surface area (Å²) in [6, 6.07) is 14.0. The molecular weight excluding hydrogens is 398 g/mol. The second-order valence-corrected chi connectivity index (χ2v) is 7.10. The van der Waals surface area contributed by atoms with Crippen LogP contribution in [0.1, 0.15) is 11.1 Å². The van der Waals surface area contributed by atoms with E-state index in [0.717, 1.165) is 34.8 Å². The molecule has 1 aliphatic heterocycles. The van der Waals surface area contributed by atoms with Crippen LogP contribution in [0.4, 0.5) is 5.69 Å².